The van der Waals surface area contributed by atoms with E-state index in [4.69, 9.17) is 0 Å². The number of rotatable bonds is 6. The zero-order chi connectivity index (χ0) is 20.2. The summed E-state index contributed by atoms with van der Waals surface area (Å²) in [5, 5.41) is 12.5. The van der Waals surface area contributed by atoms with Crippen LogP contribution >= 0.6 is 0 Å². The van der Waals surface area contributed by atoms with Crippen LogP contribution in [-0.2, 0) is 17.4 Å². The van der Waals surface area contributed by atoms with Crippen LogP contribution in [0.2, 0.25) is 0 Å². The van der Waals surface area contributed by atoms with Crippen molar-refractivity contribution in [1.82, 2.24) is 14.9 Å². The lowest BCUT2D eigenvalue weighted by molar-refractivity contribution is -0.272. The van der Waals surface area contributed by atoms with Crippen LogP contribution in [0.3, 0.4) is 0 Å². The molecule has 0 bridgehead atoms. The molecule has 2 N–H and O–H groups in total. The number of amides is 1. The largest absolute Gasteiger partial charge is 0.465 e. The van der Waals surface area contributed by atoms with E-state index in [2.05, 4.69) is 15.0 Å². The summed E-state index contributed by atoms with van der Waals surface area (Å²) in [5.41, 5.74) is -2.82. The van der Waals surface area contributed by atoms with Crippen molar-refractivity contribution in [3.05, 3.63) is 53.6 Å². The van der Waals surface area contributed by atoms with Gasteiger partial charge >= 0.3 is 12.1 Å². The topological polar surface area (TPSA) is 93.5 Å². The lowest BCUT2D eigenvalue weighted by atomic mass is 9.97. The number of nitrogens with zero attached hydrogens (tertiary/aromatic N) is 2. The molecule has 1 amide bonds. The molecular formula is C17H18F3N3O4. The second-order valence-electron chi connectivity index (χ2n) is 5.79. The Labute approximate surface area is 152 Å². The second-order valence-corrected chi connectivity index (χ2v) is 5.79. The van der Waals surface area contributed by atoms with Gasteiger partial charge in [0.05, 0.1) is 12.7 Å². The lowest BCUT2D eigenvalue weighted by Crippen LogP contribution is -2.46. The number of imidazole rings is 1. The van der Waals surface area contributed by atoms with Crippen LogP contribution in [0.25, 0.3) is 0 Å². The molecule has 1 heterocycles. The van der Waals surface area contributed by atoms with Gasteiger partial charge in [0.25, 0.3) is 5.91 Å². The van der Waals surface area contributed by atoms with Crippen molar-refractivity contribution in [2.45, 2.75) is 18.2 Å². The Morgan fingerprint density at radius 2 is 1.81 bits per heavy atom. The first kappa shape index (κ1) is 20.4. The summed E-state index contributed by atoms with van der Waals surface area (Å²) in [6.07, 6.45) is -3.35. The minimum atomic E-state index is -4.97. The molecule has 0 aliphatic heterocycles. The molecule has 0 saturated heterocycles. The fourth-order valence-corrected chi connectivity index (χ4v) is 2.48. The summed E-state index contributed by atoms with van der Waals surface area (Å²) in [4.78, 5) is 27.0. The highest BCUT2D eigenvalue weighted by Gasteiger charge is 2.57. The van der Waals surface area contributed by atoms with Crippen molar-refractivity contribution in [2.24, 2.45) is 7.05 Å². The van der Waals surface area contributed by atoms with Crippen molar-refractivity contribution in [3.63, 3.8) is 0 Å². The number of aromatic nitrogens is 2. The quantitative estimate of drug-likeness (QED) is 0.740. The summed E-state index contributed by atoms with van der Waals surface area (Å²) >= 11 is 0. The minimum absolute atomic E-state index is 0.148. The van der Waals surface area contributed by atoms with Gasteiger partial charge in [-0.3, -0.25) is 4.79 Å². The molecule has 146 valence electrons. The normalized spacial score (nSPS) is 13.7. The van der Waals surface area contributed by atoms with Gasteiger partial charge in [-0.15, -0.1) is 0 Å². The first-order chi connectivity index (χ1) is 12.6. The minimum Gasteiger partial charge on any atom is -0.465 e. The number of esters is 1. The Kier molecular flexibility index (Phi) is 5.89. The average molecular weight is 385 g/mol. The maximum Gasteiger partial charge on any atom is 0.424 e. The summed E-state index contributed by atoms with van der Waals surface area (Å²) in [5.74, 6) is -1.78. The number of carbonyl (C=O) groups excluding carboxylic acids is 2. The molecule has 0 spiro atoms. The monoisotopic (exact) mass is 385 g/mol. The van der Waals surface area contributed by atoms with E-state index < -0.39 is 42.4 Å². The zero-order valence-electron chi connectivity index (χ0n) is 14.6. The SMILES string of the molecule is COC(=O)c1ccc(C(=O)NCCC(O)(c2nccn2C)C(F)(F)F)cc1. The molecule has 10 heteroatoms. The van der Waals surface area contributed by atoms with E-state index in [0.29, 0.717) is 0 Å². The van der Waals surface area contributed by atoms with E-state index in [9.17, 15) is 27.9 Å². The molecule has 1 aromatic heterocycles. The van der Waals surface area contributed by atoms with E-state index in [1.54, 1.807) is 0 Å². The molecule has 7 nitrogen and oxygen atoms in total. The molecule has 1 aromatic carbocycles. The van der Waals surface area contributed by atoms with E-state index in [0.717, 1.165) is 10.8 Å². The maximum atomic E-state index is 13.4. The lowest BCUT2D eigenvalue weighted by Gasteiger charge is -2.29. The van der Waals surface area contributed by atoms with Gasteiger partial charge in [0, 0.05) is 38.0 Å². The third-order valence-electron chi connectivity index (χ3n) is 4.00. The van der Waals surface area contributed by atoms with E-state index >= 15 is 0 Å². The van der Waals surface area contributed by atoms with Crippen molar-refractivity contribution in [1.29, 1.82) is 0 Å². The molecule has 0 radical (unpaired) electrons. The predicted octanol–water partition coefficient (Wildman–Crippen LogP) is 1.78. The second kappa shape index (κ2) is 7.78. The van der Waals surface area contributed by atoms with Crippen LogP contribution in [-0.4, -0.2) is 46.4 Å². The predicted molar refractivity (Wildman–Crippen MR) is 87.9 cm³/mol. The molecule has 0 aliphatic rings. The molecule has 1 unspecified atom stereocenters. The van der Waals surface area contributed by atoms with Gasteiger partial charge in [0.1, 0.15) is 5.82 Å². The average Bonchev–Trinajstić information content (AvgIpc) is 3.06. The summed E-state index contributed by atoms with van der Waals surface area (Å²) in [6, 6.07) is 5.41. The zero-order valence-corrected chi connectivity index (χ0v) is 14.6. The summed E-state index contributed by atoms with van der Waals surface area (Å²) in [6.45, 7) is -0.444. The number of carbonyl (C=O) groups is 2. The third-order valence-corrected chi connectivity index (χ3v) is 4.00. The summed E-state index contributed by atoms with van der Waals surface area (Å²) < 4.78 is 45.8. The smallest absolute Gasteiger partial charge is 0.424 e. The van der Waals surface area contributed by atoms with Gasteiger partial charge in [-0.1, -0.05) is 0 Å². The van der Waals surface area contributed by atoms with Crippen molar-refractivity contribution in [3.8, 4) is 0 Å². The number of alkyl halides is 3. The highest BCUT2D eigenvalue weighted by Crippen LogP contribution is 2.40. The Balaban J connectivity index is 2.06. The van der Waals surface area contributed by atoms with Gasteiger partial charge < -0.3 is 19.7 Å². The number of methoxy groups -OCH3 is 1. The van der Waals surface area contributed by atoms with Crippen LogP contribution in [0.1, 0.15) is 33.0 Å². The fraction of sp³-hybridized carbons (Fsp3) is 0.353. The third kappa shape index (κ3) is 4.27. The van der Waals surface area contributed by atoms with Crippen LogP contribution in [0.4, 0.5) is 13.2 Å². The first-order valence-corrected chi connectivity index (χ1v) is 7.83. The van der Waals surface area contributed by atoms with Crippen molar-refractivity contribution in [2.75, 3.05) is 13.7 Å². The summed E-state index contributed by atoms with van der Waals surface area (Å²) in [7, 11) is 2.55. The highest BCUT2D eigenvalue weighted by molar-refractivity contribution is 5.96. The van der Waals surface area contributed by atoms with Crippen molar-refractivity contribution >= 4 is 11.9 Å². The Bertz CT molecular complexity index is 818. The van der Waals surface area contributed by atoms with Gasteiger partial charge in [-0.2, -0.15) is 13.2 Å². The van der Waals surface area contributed by atoms with E-state index in [1.165, 1.54) is 44.6 Å². The molecule has 0 fully saturated rings. The molecule has 0 saturated carbocycles. The number of aliphatic hydroxyl groups is 1. The number of benzene rings is 1. The van der Waals surface area contributed by atoms with Gasteiger partial charge in [0.2, 0.25) is 5.60 Å². The fourth-order valence-electron chi connectivity index (χ4n) is 2.48. The number of hydrogen-bond acceptors (Lipinski definition) is 5. The Hall–Kier alpha value is -2.88. The molecule has 2 rings (SSSR count). The van der Waals surface area contributed by atoms with Crippen LogP contribution in [0, 0.1) is 0 Å². The van der Waals surface area contributed by atoms with E-state index in [-0.39, 0.29) is 11.1 Å². The van der Waals surface area contributed by atoms with E-state index in [1.807, 2.05) is 0 Å². The van der Waals surface area contributed by atoms with Crippen LogP contribution < -0.4 is 5.32 Å². The van der Waals surface area contributed by atoms with Gasteiger partial charge in [-0.05, 0) is 24.3 Å². The number of hydrogen-bond donors (Lipinski definition) is 2. The van der Waals surface area contributed by atoms with Gasteiger partial charge in [0.15, 0.2) is 0 Å². The molecule has 2 aromatic rings. The molecule has 1 atom stereocenters. The Morgan fingerprint density at radius 1 is 1.22 bits per heavy atom. The Morgan fingerprint density at radius 3 is 2.30 bits per heavy atom. The number of ether oxygens (including phenoxy) is 1. The van der Waals surface area contributed by atoms with Crippen LogP contribution in [0.15, 0.2) is 36.7 Å². The number of halogens is 3. The highest BCUT2D eigenvalue weighted by atomic mass is 19.4. The number of aryl methyl sites for hydroxylation is 1. The van der Waals surface area contributed by atoms with Crippen LogP contribution in [0.5, 0.6) is 0 Å². The molecular weight excluding hydrogens is 367 g/mol. The van der Waals surface area contributed by atoms with Gasteiger partial charge in [-0.25, -0.2) is 9.78 Å². The molecule has 27 heavy (non-hydrogen) atoms. The molecule has 0 aliphatic carbocycles. The first-order valence-electron chi connectivity index (χ1n) is 7.83. The number of nitrogens with one attached hydrogen (secondary N) is 1. The standard InChI is InChI=1S/C17H18F3N3O4/c1-23-10-9-22-15(23)16(26,17(18,19)20)7-8-21-13(24)11-3-5-12(6-4-11)14(25)27-2/h3-6,9-10,26H,7-8H2,1-2H3,(H,21,24). The maximum absolute atomic E-state index is 13.4. The van der Waals surface area contributed by atoms with Crippen molar-refractivity contribution < 1.29 is 32.6 Å².